The van der Waals surface area contributed by atoms with Crippen molar-refractivity contribution in [2.45, 2.75) is 71.9 Å². The van der Waals surface area contributed by atoms with Crippen LogP contribution in [0.2, 0.25) is 0 Å². The van der Waals surface area contributed by atoms with E-state index < -0.39 is 0 Å². The first-order valence-electron chi connectivity index (χ1n) is 13.7. The maximum Gasteiger partial charge on any atom is 0.272 e. The fourth-order valence-corrected chi connectivity index (χ4v) is 5.22. The fourth-order valence-electron chi connectivity index (χ4n) is 5.22. The summed E-state index contributed by atoms with van der Waals surface area (Å²) in [6.45, 7) is 7.67. The molecule has 4 rings (SSSR count). The molecule has 1 amide bonds. The van der Waals surface area contributed by atoms with E-state index in [1.165, 1.54) is 48.9 Å². The molecule has 0 bridgehead atoms. The van der Waals surface area contributed by atoms with Crippen molar-refractivity contribution in [2.24, 2.45) is 13.0 Å². The summed E-state index contributed by atoms with van der Waals surface area (Å²) >= 11 is 0. The predicted molar refractivity (Wildman–Crippen MR) is 148 cm³/mol. The molecule has 5 heteroatoms. The number of rotatable bonds is 5. The van der Waals surface area contributed by atoms with E-state index in [0.717, 1.165) is 38.2 Å². The zero-order valence-corrected chi connectivity index (χ0v) is 22.3. The van der Waals surface area contributed by atoms with Crippen molar-refractivity contribution in [3.63, 3.8) is 0 Å². The first kappa shape index (κ1) is 26.0. The molecule has 0 aliphatic carbocycles. The van der Waals surface area contributed by atoms with Gasteiger partial charge in [0, 0.05) is 38.9 Å². The number of carbonyl (C=O) groups excluding carboxylic acids is 1. The third kappa shape index (κ3) is 6.99. The Labute approximate surface area is 217 Å². The van der Waals surface area contributed by atoms with E-state index in [9.17, 15) is 4.79 Å². The number of nitrogens with zero attached hydrogens (tertiary/aromatic N) is 4. The number of para-hydroxylation sites is 1. The van der Waals surface area contributed by atoms with Gasteiger partial charge in [-0.3, -0.25) is 9.48 Å². The molecule has 0 N–H and O–H groups in total. The van der Waals surface area contributed by atoms with Crippen LogP contribution in [0.1, 0.15) is 79.7 Å². The lowest BCUT2D eigenvalue weighted by molar-refractivity contribution is 0.0729. The average Bonchev–Trinajstić information content (AvgIpc) is 3.23. The lowest BCUT2D eigenvalue weighted by atomic mass is 10.1. The topological polar surface area (TPSA) is 41.4 Å². The quantitative estimate of drug-likeness (QED) is 0.407. The summed E-state index contributed by atoms with van der Waals surface area (Å²) in [5, 5.41) is 4.65. The fraction of sp³-hybridized carbons (Fsp3) is 0.484. The average molecular weight is 487 g/mol. The van der Waals surface area contributed by atoms with E-state index in [1.54, 1.807) is 4.68 Å². The minimum absolute atomic E-state index is 0.0827. The van der Waals surface area contributed by atoms with Crippen LogP contribution in [0.25, 0.3) is 0 Å². The van der Waals surface area contributed by atoms with Gasteiger partial charge in [0.1, 0.15) is 5.69 Å². The van der Waals surface area contributed by atoms with Gasteiger partial charge in [0.05, 0.1) is 5.69 Å². The van der Waals surface area contributed by atoms with Gasteiger partial charge in [-0.25, -0.2) is 0 Å². The van der Waals surface area contributed by atoms with Gasteiger partial charge >= 0.3 is 0 Å². The number of amides is 1. The molecule has 1 aromatic heterocycles. The van der Waals surface area contributed by atoms with E-state index in [0.29, 0.717) is 18.2 Å². The molecule has 1 aliphatic heterocycles. The Bertz CT molecular complexity index is 1100. The van der Waals surface area contributed by atoms with Crippen molar-refractivity contribution in [2.75, 3.05) is 18.0 Å². The number of hydrogen-bond acceptors (Lipinski definition) is 3. The number of hydrogen-bond donors (Lipinski definition) is 0. The van der Waals surface area contributed by atoms with E-state index in [1.807, 2.05) is 18.0 Å². The number of fused-ring (bicyclic) bond motifs is 1. The molecule has 1 aliphatic rings. The Balaban J connectivity index is 1.63. The van der Waals surface area contributed by atoms with Crippen molar-refractivity contribution in [1.29, 1.82) is 0 Å². The van der Waals surface area contributed by atoms with Crippen LogP contribution in [0, 0.1) is 5.92 Å². The first-order valence-corrected chi connectivity index (χ1v) is 13.7. The number of benzene rings is 2. The van der Waals surface area contributed by atoms with Gasteiger partial charge in [0.2, 0.25) is 0 Å². The van der Waals surface area contributed by atoms with Gasteiger partial charge in [0.25, 0.3) is 5.91 Å². The highest BCUT2D eigenvalue weighted by molar-refractivity contribution is 5.92. The molecule has 0 atom stereocenters. The Kier molecular flexibility index (Phi) is 9.21. The Hall–Kier alpha value is -3.08. The van der Waals surface area contributed by atoms with E-state index in [4.69, 9.17) is 0 Å². The van der Waals surface area contributed by atoms with Crippen molar-refractivity contribution < 1.29 is 4.79 Å². The molecule has 5 nitrogen and oxygen atoms in total. The normalized spacial score (nSPS) is 15.7. The molecule has 0 unspecified atom stereocenters. The summed E-state index contributed by atoms with van der Waals surface area (Å²) in [6, 6.07) is 21.4. The third-order valence-corrected chi connectivity index (χ3v) is 7.07. The van der Waals surface area contributed by atoms with Crippen LogP contribution < -0.4 is 4.90 Å². The molecule has 0 spiro atoms. The Morgan fingerprint density at radius 1 is 0.889 bits per heavy atom. The molecule has 0 saturated carbocycles. The van der Waals surface area contributed by atoms with E-state index in [-0.39, 0.29) is 5.91 Å². The number of aryl methyl sites for hydroxylation is 1. The molecule has 192 valence electrons. The Morgan fingerprint density at radius 2 is 1.56 bits per heavy atom. The summed E-state index contributed by atoms with van der Waals surface area (Å²) < 4.78 is 1.77. The molecule has 0 radical (unpaired) electrons. The van der Waals surface area contributed by atoms with Gasteiger partial charge in [0.15, 0.2) is 0 Å². The maximum absolute atomic E-state index is 13.8. The smallest absolute Gasteiger partial charge is 0.272 e. The predicted octanol–water partition coefficient (Wildman–Crippen LogP) is 6.62. The molecule has 36 heavy (non-hydrogen) atoms. The molecule has 2 heterocycles. The van der Waals surface area contributed by atoms with Gasteiger partial charge in [-0.2, -0.15) is 5.10 Å². The third-order valence-electron chi connectivity index (χ3n) is 7.07. The van der Waals surface area contributed by atoms with Crippen molar-refractivity contribution >= 4 is 11.6 Å². The second-order valence-electron chi connectivity index (χ2n) is 10.6. The summed E-state index contributed by atoms with van der Waals surface area (Å²) in [4.78, 5) is 18.4. The molecular formula is C31H42N4O. The molecule has 0 fully saturated rings. The molecule has 2 aromatic carbocycles. The maximum atomic E-state index is 13.8. The monoisotopic (exact) mass is 486 g/mol. The molecule has 0 saturated heterocycles. The van der Waals surface area contributed by atoms with Crippen LogP contribution in [0.15, 0.2) is 60.7 Å². The molecule has 3 aromatic rings. The van der Waals surface area contributed by atoms with Gasteiger partial charge in [-0.05, 0) is 48.4 Å². The van der Waals surface area contributed by atoms with Crippen molar-refractivity contribution in [3.05, 3.63) is 83.2 Å². The summed E-state index contributed by atoms with van der Waals surface area (Å²) in [5.41, 5.74) is 5.45. The second-order valence-corrected chi connectivity index (χ2v) is 10.6. The SMILES string of the molecule is CC(C)Cc1cc(C(=O)N2CCCCCCCCN(Cc3ccccc3)c3ccccc3C2)n(C)n1. The number of anilines is 1. The summed E-state index contributed by atoms with van der Waals surface area (Å²) in [5.74, 6) is 0.593. The lowest BCUT2D eigenvalue weighted by Crippen LogP contribution is -2.34. The van der Waals surface area contributed by atoms with Crippen molar-refractivity contribution in [3.8, 4) is 0 Å². The summed E-state index contributed by atoms with van der Waals surface area (Å²) in [6.07, 6.45) is 8.04. The van der Waals surface area contributed by atoms with Crippen LogP contribution >= 0.6 is 0 Å². The summed E-state index contributed by atoms with van der Waals surface area (Å²) in [7, 11) is 1.90. The van der Waals surface area contributed by atoms with Crippen LogP contribution in [-0.4, -0.2) is 33.7 Å². The first-order chi connectivity index (χ1) is 17.5. The highest BCUT2D eigenvalue weighted by Crippen LogP contribution is 2.26. The van der Waals surface area contributed by atoms with E-state index >= 15 is 0 Å². The van der Waals surface area contributed by atoms with Crippen LogP contribution in [0.5, 0.6) is 0 Å². The van der Waals surface area contributed by atoms with Crippen LogP contribution in [0.4, 0.5) is 5.69 Å². The Morgan fingerprint density at radius 3 is 2.31 bits per heavy atom. The van der Waals surface area contributed by atoms with Gasteiger partial charge < -0.3 is 9.80 Å². The number of aromatic nitrogens is 2. The van der Waals surface area contributed by atoms with Gasteiger partial charge in [-0.15, -0.1) is 0 Å². The highest BCUT2D eigenvalue weighted by atomic mass is 16.2. The zero-order valence-electron chi connectivity index (χ0n) is 22.3. The lowest BCUT2D eigenvalue weighted by Gasteiger charge is -2.30. The largest absolute Gasteiger partial charge is 0.367 e. The minimum atomic E-state index is 0.0827. The van der Waals surface area contributed by atoms with Crippen LogP contribution in [0.3, 0.4) is 0 Å². The number of carbonyl (C=O) groups is 1. The van der Waals surface area contributed by atoms with E-state index in [2.05, 4.69) is 78.4 Å². The zero-order chi connectivity index (χ0) is 25.3. The minimum Gasteiger partial charge on any atom is -0.367 e. The van der Waals surface area contributed by atoms with Crippen molar-refractivity contribution in [1.82, 2.24) is 14.7 Å². The second kappa shape index (κ2) is 12.8. The highest BCUT2D eigenvalue weighted by Gasteiger charge is 2.23. The van der Waals surface area contributed by atoms with Gasteiger partial charge in [-0.1, -0.05) is 88.1 Å². The standard InChI is InChI=1S/C31H42N4O/c1-25(2)21-28-22-30(33(3)32-28)31(36)35-20-14-7-5-4-6-13-19-34(23-26-15-9-8-10-16-26)29-18-12-11-17-27(29)24-35/h8-12,15-18,22,25H,4-7,13-14,19-21,23-24H2,1-3H3. The molecular weight excluding hydrogens is 444 g/mol. The van der Waals surface area contributed by atoms with Crippen LogP contribution in [-0.2, 0) is 26.6 Å².